The molecule has 2 aliphatic heterocycles. The summed E-state index contributed by atoms with van der Waals surface area (Å²) in [6, 6.07) is 6.60. The van der Waals surface area contributed by atoms with E-state index in [-0.39, 0.29) is 109 Å². The van der Waals surface area contributed by atoms with Crippen molar-refractivity contribution in [1.82, 2.24) is 23.8 Å². The molecule has 3 N–H and O–H groups in total. The van der Waals surface area contributed by atoms with Gasteiger partial charge in [0.1, 0.15) is 58.2 Å². The van der Waals surface area contributed by atoms with Crippen molar-refractivity contribution < 1.29 is 83.2 Å². The summed E-state index contributed by atoms with van der Waals surface area (Å²) in [6.07, 6.45) is -2.50. The van der Waals surface area contributed by atoms with E-state index in [1.165, 1.54) is 29.1 Å². The minimum absolute atomic E-state index is 0. The summed E-state index contributed by atoms with van der Waals surface area (Å²) >= 11 is 0. The van der Waals surface area contributed by atoms with E-state index >= 15 is 0 Å². The van der Waals surface area contributed by atoms with E-state index in [0.717, 1.165) is 13.1 Å². The second kappa shape index (κ2) is 35.4. The van der Waals surface area contributed by atoms with Gasteiger partial charge >= 0.3 is 11.4 Å². The fourth-order valence-corrected chi connectivity index (χ4v) is 8.46. The Hall–Kier alpha value is -2.74. The SMILES string of the molecule is CCC1OC(n2ccc(=O)[nH]c2=O)C(OCOCOC(C)CC#N)[C@H]1O.CPC.[C-]#[N+]CCOP(O[C@H]1C(CC)OC(n2ccc(=O)[nH]c2=O)C1OCOCOC(C)CC#N)N(C(C)C)C(C)C.[U]. The number of hydrogen-bond donors (Lipinski definition) is 3. The Morgan fingerprint density at radius 1 is 0.797 bits per heavy atom. The number of H-pyrrole nitrogens is 2. The van der Waals surface area contributed by atoms with Crippen LogP contribution in [0.25, 0.3) is 4.85 Å². The van der Waals surface area contributed by atoms with Crippen molar-refractivity contribution in [2.45, 2.75) is 154 Å². The zero-order valence-corrected chi connectivity index (χ0v) is 47.2. The summed E-state index contributed by atoms with van der Waals surface area (Å²) in [5.41, 5.74) is -2.36. The molecule has 2 aromatic rings. The van der Waals surface area contributed by atoms with E-state index < -0.39 is 80.1 Å². The first-order valence-electron chi connectivity index (χ1n) is 22.3. The van der Waals surface area contributed by atoms with Crippen LogP contribution in [0.4, 0.5) is 0 Å². The van der Waals surface area contributed by atoms with Crippen LogP contribution in [0.3, 0.4) is 0 Å². The molecular formula is C43H70N8O15P2U. The van der Waals surface area contributed by atoms with Crippen LogP contribution in [0.2, 0.25) is 0 Å². The van der Waals surface area contributed by atoms with Gasteiger partial charge in [-0.25, -0.2) is 20.8 Å². The third-order valence-corrected chi connectivity index (χ3v) is 12.0. The van der Waals surface area contributed by atoms with Crippen molar-refractivity contribution in [3.63, 3.8) is 0 Å². The number of ether oxygens (including phenoxy) is 8. The molecule has 0 bridgehead atoms. The van der Waals surface area contributed by atoms with E-state index in [1.807, 2.05) is 53.7 Å². The minimum atomic E-state index is -1.63. The van der Waals surface area contributed by atoms with Crippen LogP contribution in [0.15, 0.2) is 43.7 Å². The van der Waals surface area contributed by atoms with E-state index in [2.05, 4.69) is 32.8 Å². The van der Waals surface area contributed by atoms with Crippen molar-refractivity contribution >= 4 is 17.1 Å². The van der Waals surface area contributed by atoms with Gasteiger partial charge < -0.3 is 56.9 Å². The molecule has 9 unspecified atom stereocenters. The van der Waals surface area contributed by atoms with E-state index in [1.54, 1.807) is 13.8 Å². The Labute approximate surface area is 430 Å². The molecule has 0 aromatic carbocycles. The number of nitrogens with one attached hydrogen (secondary N) is 2. The molecule has 2 aliphatic rings. The number of hydrogen-bond acceptors (Lipinski definition) is 18. The first-order valence-corrected chi connectivity index (χ1v) is 25.4. The third-order valence-electron chi connectivity index (χ3n) is 9.83. The zero-order chi connectivity index (χ0) is 50.8. The number of aliphatic hydroxyl groups excluding tert-OH is 1. The second-order valence-corrected chi connectivity index (χ2v) is 18.3. The van der Waals surface area contributed by atoms with Crippen molar-refractivity contribution in [3.05, 3.63) is 77.6 Å². The molecule has 2 saturated heterocycles. The average molecular weight is 1240 g/mol. The molecule has 0 spiro atoms. The Morgan fingerprint density at radius 2 is 1.25 bits per heavy atom. The largest absolute Gasteiger partial charge is 0.388 e. The predicted molar refractivity (Wildman–Crippen MR) is 251 cm³/mol. The molecule has 2 fully saturated rings. The summed E-state index contributed by atoms with van der Waals surface area (Å²) in [5, 5.41) is 27.7. The summed E-state index contributed by atoms with van der Waals surface area (Å²) < 4.78 is 62.2. The van der Waals surface area contributed by atoms with Crippen LogP contribution < -0.4 is 22.5 Å². The molecule has 0 amide bonds. The standard InChI is InChI=1S/C25H40N5O8P.C16H23N3O7.C2H7P.U/c1-8-20-22(38-39(36-14-12-27-7)30(17(2)3)18(4)5)23(35-16-33-15-34-19(6)9-11-26)24(37-20)29-13-10-21(31)28-25(29)32;1-3-11-13(21)14(25-9-23-8-24-10(2)4-6-17)15(26-11)19-7-5-12(20)18-16(19)22;1-3-2;/h10,13,17-20,22-24H,8-9,12,14-16H2,1-6H3,(H,28,31,32);5,7,10-11,13-15,21H,3-4,8-9H2,1-2H3,(H,18,20,22);3H,1-2H3;/t19?,20?,22-,23?,24?,39?;10?,11?,13-,14?,15?;;/m00../s1. The number of rotatable bonds is 26. The predicted octanol–water partition coefficient (Wildman–Crippen LogP) is 3.91. The molecule has 11 atom stereocenters. The topological polar surface area (TPSA) is 277 Å². The quantitative estimate of drug-likeness (QED) is 0.0521. The molecule has 0 aliphatic carbocycles. The monoisotopic (exact) mass is 1240 g/mol. The molecule has 69 heavy (non-hydrogen) atoms. The van der Waals surface area contributed by atoms with Gasteiger partial charge in [0.25, 0.3) is 19.6 Å². The minimum Gasteiger partial charge on any atom is -0.388 e. The Morgan fingerprint density at radius 3 is 1.67 bits per heavy atom. The fourth-order valence-electron chi connectivity index (χ4n) is 6.70. The van der Waals surface area contributed by atoms with Crippen molar-refractivity contribution in [1.29, 1.82) is 10.5 Å². The summed E-state index contributed by atoms with van der Waals surface area (Å²) in [5.74, 6) is 0. The number of aliphatic hydroxyl groups is 1. The first kappa shape index (κ1) is 64.3. The van der Waals surface area contributed by atoms with Crippen LogP contribution in [-0.2, 0) is 46.9 Å². The van der Waals surface area contributed by atoms with E-state index in [9.17, 15) is 24.3 Å². The molecule has 0 radical (unpaired) electrons. The first-order chi connectivity index (χ1) is 32.5. The van der Waals surface area contributed by atoms with Gasteiger partial charge in [-0.3, -0.25) is 28.7 Å². The number of aromatic amines is 2. The molecule has 2 aromatic heterocycles. The van der Waals surface area contributed by atoms with Gasteiger partial charge in [0.05, 0.1) is 49.4 Å². The summed E-state index contributed by atoms with van der Waals surface area (Å²) in [6.45, 7) is 26.7. The normalized spacial score (nSPS) is 23.1. The third kappa shape index (κ3) is 21.5. The van der Waals surface area contributed by atoms with Crippen LogP contribution >= 0.6 is 17.1 Å². The van der Waals surface area contributed by atoms with E-state index in [4.69, 9.17) is 64.0 Å². The molecule has 26 heteroatoms. The van der Waals surface area contributed by atoms with Crippen LogP contribution in [0.5, 0.6) is 0 Å². The maximum atomic E-state index is 12.7. The molecule has 0 saturated carbocycles. The Kier molecular flexibility index (Phi) is 33.0. The smallest absolute Gasteiger partial charge is 0.330 e. The Bertz CT molecular complexity index is 2100. The molecule has 4 heterocycles. The van der Waals surface area contributed by atoms with Crippen LogP contribution in [0.1, 0.15) is 93.5 Å². The number of aromatic nitrogens is 4. The maximum Gasteiger partial charge on any atom is 0.330 e. The molecule has 4 rings (SSSR count). The van der Waals surface area contributed by atoms with Gasteiger partial charge in [-0.1, -0.05) is 13.8 Å². The van der Waals surface area contributed by atoms with Gasteiger partial charge in [0, 0.05) is 67.7 Å². The average Bonchev–Trinajstić information content (AvgIpc) is 3.78. The van der Waals surface area contributed by atoms with Gasteiger partial charge in [-0.2, -0.15) is 10.5 Å². The fraction of sp³-hybridized carbons (Fsp3) is 0.744. The van der Waals surface area contributed by atoms with Crippen LogP contribution in [-0.4, -0.2) is 143 Å². The van der Waals surface area contributed by atoms with Gasteiger partial charge in [-0.15, -0.1) is 8.58 Å². The molecule has 386 valence electrons. The zero-order valence-electron chi connectivity index (χ0n) is 41.1. The summed E-state index contributed by atoms with van der Waals surface area (Å²) in [7, 11) is -0.548. The molecule has 23 nitrogen and oxygen atoms in total. The van der Waals surface area contributed by atoms with Gasteiger partial charge in [0.2, 0.25) is 6.54 Å². The van der Waals surface area contributed by atoms with Crippen molar-refractivity contribution in [3.8, 4) is 12.1 Å². The maximum absolute atomic E-state index is 12.7. The second-order valence-electron chi connectivity index (χ2n) is 15.9. The number of nitrogens with zero attached hydrogens (tertiary/aromatic N) is 6. The molecular weight excluding hydrogens is 1170 g/mol. The van der Waals surface area contributed by atoms with Crippen molar-refractivity contribution in [2.24, 2.45) is 0 Å². The van der Waals surface area contributed by atoms with Crippen LogP contribution in [0, 0.1) is 60.3 Å². The van der Waals surface area contributed by atoms with Gasteiger partial charge in [0.15, 0.2) is 12.5 Å². The summed E-state index contributed by atoms with van der Waals surface area (Å²) in [4.78, 5) is 55.3. The van der Waals surface area contributed by atoms with E-state index in [0.29, 0.717) is 12.8 Å². The number of nitriles is 2. The Balaban J connectivity index is 0.000000687. The van der Waals surface area contributed by atoms with Crippen molar-refractivity contribution in [2.75, 3.05) is 53.7 Å². The van der Waals surface area contributed by atoms with Gasteiger partial charge in [-0.05, 0) is 67.7 Å².